The lowest BCUT2D eigenvalue weighted by atomic mass is 10.1. The van der Waals surface area contributed by atoms with Crippen molar-refractivity contribution in [3.63, 3.8) is 0 Å². The molecule has 3 aromatic rings. The van der Waals surface area contributed by atoms with Gasteiger partial charge in [0, 0.05) is 12.0 Å². The van der Waals surface area contributed by atoms with Gasteiger partial charge >= 0.3 is 0 Å². The Labute approximate surface area is 170 Å². The quantitative estimate of drug-likeness (QED) is 0.680. The molecule has 6 heteroatoms. The van der Waals surface area contributed by atoms with Gasteiger partial charge in [0.25, 0.3) is 5.91 Å². The topological polar surface area (TPSA) is 72.5 Å². The van der Waals surface area contributed by atoms with Crippen molar-refractivity contribution in [3.8, 4) is 5.75 Å². The molecule has 1 atom stereocenters. The molecule has 148 valence electrons. The van der Waals surface area contributed by atoms with Gasteiger partial charge in [-0.1, -0.05) is 48.5 Å². The van der Waals surface area contributed by atoms with E-state index in [0.717, 1.165) is 17.7 Å². The maximum atomic E-state index is 12.6. The largest absolute Gasteiger partial charge is 0.488 e. The zero-order valence-electron chi connectivity index (χ0n) is 15.7. The summed E-state index contributed by atoms with van der Waals surface area (Å²) in [6.07, 6.45) is 0.657. The van der Waals surface area contributed by atoms with Crippen LogP contribution in [-0.2, 0) is 22.0 Å². The van der Waals surface area contributed by atoms with E-state index in [1.165, 1.54) is 0 Å². The van der Waals surface area contributed by atoms with Crippen LogP contribution in [0.5, 0.6) is 5.75 Å². The first-order valence-electron chi connectivity index (χ1n) is 9.41. The number of hydrogen-bond donors (Lipinski definition) is 1. The highest BCUT2D eigenvalue weighted by molar-refractivity contribution is 7.90. The van der Waals surface area contributed by atoms with Crippen LogP contribution in [0.1, 0.15) is 21.5 Å². The van der Waals surface area contributed by atoms with Crippen LogP contribution in [0, 0.1) is 0 Å². The molecule has 1 N–H and O–H groups in total. The van der Waals surface area contributed by atoms with Gasteiger partial charge < -0.3 is 10.1 Å². The van der Waals surface area contributed by atoms with Crippen LogP contribution in [0.25, 0.3) is 0 Å². The molecular weight excluding hydrogens is 386 g/mol. The molecule has 0 fully saturated rings. The van der Waals surface area contributed by atoms with Gasteiger partial charge in [0.2, 0.25) is 0 Å². The zero-order valence-corrected chi connectivity index (χ0v) is 16.6. The van der Waals surface area contributed by atoms with Gasteiger partial charge in [0.05, 0.1) is 17.2 Å². The zero-order chi connectivity index (χ0) is 20.3. The van der Waals surface area contributed by atoms with E-state index in [9.17, 15) is 13.2 Å². The highest BCUT2D eigenvalue weighted by atomic mass is 32.2. The number of ether oxygens (including phenoxy) is 1. The van der Waals surface area contributed by atoms with Crippen molar-refractivity contribution in [3.05, 3.63) is 95.6 Å². The molecule has 0 bridgehead atoms. The molecule has 0 radical (unpaired) electrons. The average Bonchev–Trinajstić information content (AvgIpc) is 3.15. The molecular formula is C23H21NO4S. The summed E-state index contributed by atoms with van der Waals surface area (Å²) in [5.74, 6) is 0.461. The highest BCUT2D eigenvalue weighted by Crippen LogP contribution is 2.27. The lowest BCUT2D eigenvalue weighted by Crippen LogP contribution is -2.34. The summed E-state index contributed by atoms with van der Waals surface area (Å²) in [5.41, 5.74) is 2.15. The molecule has 5 nitrogen and oxygen atoms in total. The van der Waals surface area contributed by atoms with Crippen molar-refractivity contribution in [1.29, 1.82) is 0 Å². The second kappa shape index (κ2) is 8.09. The number of fused-ring (bicyclic) bond motifs is 1. The first-order valence-corrected chi connectivity index (χ1v) is 11.1. The maximum Gasteiger partial charge on any atom is 0.251 e. The van der Waals surface area contributed by atoms with E-state index >= 15 is 0 Å². The van der Waals surface area contributed by atoms with Crippen LogP contribution >= 0.6 is 0 Å². The number of amides is 1. The lowest BCUT2D eigenvalue weighted by molar-refractivity contribution is 0.0933. The van der Waals surface area contributed by atoms with Crippen LogP contribution in [0.15, 0.2) is 83.8 Å². The van der Waals surface area contributed by atoms with Crippen molar-refractivity contribution in [2.45, 2.75) is 23.2 Å². The molecule has 3 aromatic carbocycles. The fourth-order valence-electron chi connectivity index (χ4n) is 3.41. The Balaban J connectivity index is 1.39. The number of carbonyl (C=O) groups excluding carboxylic acids is 1. The molecule has 0 spiro atoms. The Morgan fingerprint density at radius 3 is 2.52 bits per heavy atom. The Morgan fingerprint density at radius 1 is 0.966 bits per heavy atom. The van der Waals surface area contributed by atoms with E-state index < -0.39 is 9.84 Å². The number of para-hydroxylation sites is 1. The Morgan fingerprint density at radius 2 is 1.72 bits per heavy atom. The van der Waals surface area contributed by atoms with Gasteiger partial charge in [-0.05, 0) is 41.5 Å². The predicted octanol–water partition coefficient (Wildman–Crippen LogP) is 3.39. The number of rotatable bonds is 6. The third-order valence-corrected chi connectivity index (χ3v) is 6.56. The van der Waals surface area contributed by atoms with Crippen molar-refractivity contribution >= 4 is 15.7 Å². The van der Waals surface area contributed by atoms with Gasteiger partial charge in [-0.2, -0.15) is 0 Å². The molecule has 1 aliphatic rings. The second-order valence-corrected chi connectivity index (χ2v) is 9.02. The van der Waals surface area contributed by atoms with Gasteiger partial charge in [0.1, 0.15) is 11.9 Å². The molecule has 1 amide bonds. The summed E-state index contributed by atoms with van der Waals surface area (Å²) < 4.78 is 31.0. The van der Waals surface area contributed by atoms with E-state index in [1.807, 2.05) is 24.3 Å². The number of nitrogens with one attached hydrogen (secondary N) is 1. The average molecular weight is 407 g/mol. The number of sulfone groups is 1. The van der Waals surface area contributed by atoms with Gasteiger partial charge in [-0.25, -0.2) is 8.42 Å². The standard InChI is InChI=1S/C23H21NO4S/c25-23(24-15-20-14-18-8-4-5-12-22(18)28-20)19-9-6-7-17(13-19)16-29(26,27)21-10-2-1-3-11-21/h1-13,20H,14-16H2,(H,24,25). The minimum absolute atomic E-state index is 0.0991. The molecule has 1 unspecified atom stereocenters. The Hall–Kier alpha value is -3.12. The smallest absolute Gasteiger partial charge is 0.251 e. The van der Waals surface area contributed by atoms with Gasteiger partial charge in [-0.3, -0.25) is 4.79 Å². The Kier molecular flexibility index (Phi) is 5.36. The Bertz CT molecular complexity index is 1100. The SMILES string of the molecule is O=C(NCC1Cc2ccccc2O1)c1cccc(CS(=O)(=O)c2ccccc2)c1. The molecule has 0 aromatic heterocycles. The number of benzene rings is 3. The summed E-state index contributed by atoms with van der Waals surface area (Å²) in [6, 6.07) is 22.9. The van der Waals surface area contributed by atoms with Gasteiger partial charge in [-0.15, -0.1) is 0 Å². The minimum Gasteiger partial charge on any atom is -0.488 e. The molecule has 29 heavy (non-hydrogen) atoms. The summed E-state index contributed by atoms with van der Waals surface area (Å²) in [5, 5.41) is 2.88. The van der Waals surface area contributed by atoms with E-state index in [-0.39, 0.29) is 22.7 Å². The summed E-state index contributed by atoms with van der Waals surface area (Å²) in [7, 11) is -3.46. The van der Waals surface area contributed by atoms with Crippen LogP contribution in [0.3, 0.4) is 0 Å². The number of carbonyl (C=O) groups is 1. The lowest BCUT2D eigenvalue weighted by Gasteiger charge is -2.12. The minimum atomic E-state index is -3.46. The van der Waals surface area contributed by atoms with Crippen molar-refractivity contribution in [2.24, 2.45) is 0 Å². The van der Waals surface area contributed by atoms with E-state index in [0.29, 0.717) is 17.7 Å². The molecule has 0 aliphatic carbocycles. The molecule has 1 heterocycles. The molecule has 4 rings (SSSR count). The van der Waals surface area contributed by atoms with Crippen LogP contribution in [0.2, 0.25) is 0 Å². The monoisotopic (exact) mass is 407 g/mol. The fraction of sp³-hybridized carbons (Fsp3) is 0.174. The normalized spacial score (nSPS) is 15.4. The second-order valence-electron chi connectivity index (χ2n) is 7.03. The molecule has 1 aliphatic heterocycles. The van der Waals surface area contributed by atoms with Crippen molar-refractivity contribution in [2.75, 3.05) is 6.54 Å². The summed E-state index contributed by atoms with van der Waals surface area (Å²) in [4.78, 5) is 12.8. The van der Waals surface area contributed by atoms with Crippen molar-refractivity contribution in [1.82, 2.24) is 5.32 Å². The van der Waals surface area contributed by atoms with Crippen LogP contribution in [-0.4, -0.2) is 27.0 Å². The first kappa shape index (κ1) is 19.2. The predicted molar refractivity (Wildman–Crippen MR) is 111 cm³/mol. The van der Waals surface area contributed by atoms with E-state index in [2.05, 4.69) is 5.32 Å². The third-order valence-electron chi connectivity index (χ3n) is 4.85. The van der Waals surface area contributed by atoms with E-state index in [1.54, 1.807) is 54.6 Å². The van der Waals surface area contributed by atoms with E-state index in [4.69, 9.17) is 4.74 Å². The maximum absolute atomic E-state index is 12.6. The summed E-state index contributed by atoms with van der Waals surface area (Å²) in [6.45, 7) is 0.389. The van der Waals surface area contributed by atoms with Crippen LogP contribution < -0.4 is 10.1 Å². The van der Waals surface area contributed by atoms with Crippen molar-refractivity contribution < 1.29 is 17.9 Å². The molecule has 0 saturated carbocycles. The summed E-state index contributed by atoms with van der Waals surface area (Å²) >= 11 is 0. The number of hydrogen-bond acceptors (Lipinski definition) is 4. The fourth-order valence-corrected chi connectivity index (χ4v) is 4.77. The highest BCUT2D eigenvalue weighted by Gasteiger charge is 2.23. The molecule has 0 saturated heterocycles. The van der Waals surface area contributed by atoms with Gasteiger partial charge in [0.15, 0.2) is 9.84 Å². The third kappa shape index (κ3) is 4.49. The first-order chi connectivity index (χ1) is 14.0. The van der Waals surface area contributed by atoms with Crippen LogP contribution in [0.4, 0.5) is 0 Å².